The second kappa shape index (κ2) is 5.55. The lowest BCUT2D eigenvalue weighted by molar-refractivity contribution is 0.00153. The quantitative estimate of drug-likeness (QED) is 0.592. The normalized spacial score (nSPS) is 29.5. The third kappa shape index (κ3) is 2.76. The second-order valence-electron chi connectivity index (χ2n) is 3.44. The van der Waals surface area contributed by atoms with Crippen LogP contribution in [0.15, 0.2) is 0 Å². The van der Waals surface area contributed by atoms with Gasteiger partial charge in [0.1, 0.15) is 0 Å². The van der Waals surface area contributed by atoms with E-state index >= 15 is 0 Å². The molecular formula is C10H20O2. The zero-order valence-electron chi connectivity index (χ0n) is 8.21. The van der Waals surface area contributed by atoms with Gasteiger partial charge in [-0.25, -0.2) is 0 Å². The second-order valence-corrected chi connectivity index (χ2v) is 3.44. The molecule has 0 bridgehead atoms. The van der Waals surface area contributed by atoms with Gasteiger partial charge < -0.3 is 9.47 Å². The molecule has 12 heavy (non-hydrogen) atoms. The van der Waals surface area contributed by atoms with Gasteiger partial charge in [0.25, 0.3) is 0 Å². The Morgan fingerprint density at radius 3 is 2.92 bits per heavy atom. The Hall–Kier alpha value is -0.0800. The highest BCUT2D eigenvalue weighted by atomic mass is 16.5. The fourth-order valence-electron chi connectivity index (χ4n) is 1.69. The first-order valence-electron chi connectivity index (χ1n) is 5.07. The molecule has 72 valence electrons. The molecule has 2 atom stereocenters. The number of hydrogen-bond donors (Lipinski definition) is 0. The van der Waals surface area contributed by atoms with Crippen LogP contribution in [-0.4, -0.2) is 25.9 Å². The summed E-state index contributed by atoms with van der Waals surface area (Å²) in [6.45, 7) is 6.96. The standard InChI is InChI=1S/C10H20O2/c1-3-6-11-8-10-9(4-2)5-7-12-10/h9-10H,3-8H2,1-2H3/t9-,10+/m0/s1. The first-order chi connectivity index (χ1) is 5.88. The minimum Gasteiger partial charge on any atom is -0.379 e. The SMILES string of the molecule is CCCOC[C@H]1OCC[C@@H]1CC. The zero-order chi connectivity index (χ0) is 8.81. The van der Waals surface area contributed by atoms with E-state index in [1.807, 2.05) is 0 Å². The van der Waals surface area contributed by atoms with E-state index in [0.29, 0.717) is 6.10 Å². The minimum absolute atomic E-state index is 0.376. The average Bonchev–Trinajstić information content (AvgIpc) is 2.52. The molecule has 0 aromatic heterocycles. The summed E-state index contributed by atoms with van der Waals surface area (Å²) in [4.78, 5) is 0. The molecule has 1 aliphatic heterocycles. The first-order valence-corrected chi connectivity index (χ1v) is 5.07. The number of hydrogen-bond acceptors (Lipinski definition) is 2. The van der Waals surface area contributed by atoms with Crippen LogP contribution >= 0.6 is 0 Å². The summed E-state index contributed by atoms with van der Waals surface area (Å²) in [6.07, 6.45) is 3.92. The molecule has 2 nitrogen and oxygen atoms in total. The van der Waals surface area contributed by atoms with Gasteiger partial charge in [-0.15, -0.1) is 0 Å². The maximum Gasteiger partial charge on any atom is 0.0837 e. The summed E-state index contributed by atoms with van der Waals surface area (Å²) < 4.78 is 11.1. The predicted molar refractivity (Wildman–Crippen MR) is 49.2 cm³/mol. The van der Waals surface area contributed by atoms with E-state index in [9.17, 15) is 0 Å². The molecule has 1 aliphatic rings. The van der Waals surface area contributed by atoms with Crippen LogP contribution < -0.4 is 0 Å². The highest BCUT2D eigenvalue weighted by molar-refractivity contribution is 4.74. The van der Waals surface area contributed by atoms with Crippen LogP contribution in [0.4, 0.5) is 0 Å². The van der Waals surface area contributed by atoms with Crippen molar-refractivity contribution in [3.05, 3.63) is 0 Å². The summed E-state index contributed by atoms with van der Waals surface area (Å²) in [6, 6.07) is 0. The fraction of sp³-hybridized carbons (Fsp3) is 1.00. The lowest BCUT2D eigenvalue weighted by Crippen LogP contribution is -2.22. The molecule has 2 heteroatoms. The maximum absolute atomic E-state index is 5.58. The molecule has 0 aromatic rings. The van der Waals surface area contributed by atoms with E-state index in [4.69, 9.17) is 9.47 Å². The Balaban J connectivity index is 2.12. The lowest BCUT2D eigenvalue weighted by Gasteiger charge is -2.16. The minimum atomic E-state index is 0.376. The van der Waals surface area contributed by atoms with Gasteiger partial charge in [0.15, 0.2) is 0 Å². The Kier molecular flexibility index (Phi) is 4.62. The van der Waals surface area contributed by atoms with Gasteiger partial charge in [-0.05, 0) is 18.8 Å². The highest BCUT2D eigenvalue weighted by Crippen LogP contribution is 2.23. The van der Waals surface area contributed by atoms with Gasteiger partial charge in [0, 0.05) is 13.2 Å². The van der Waals surface area contributed by atoms with Gasteiger partial charge in [0.05, 0.1) is 12.7 Å². The molecule has 0 saturated carbocycles. The summed E-state index contributed by atoms with van der Waals surface area (Å²) in [7, 11) is 0. The topological polar surface area (TPSA) is 18.5 Å². The molecule has 0 radical (unpaired) electrons. The van der Waals surface area contributed by atoms with Gasteiger partial charge in [-0.3, -0.25) is 0 Å². The third-order valence-electron chi connectivity index (χ3n) is 2.50. The van der Waals surface area contributed by atoms with E-state index in [0.717, 1.165) is 32.2 Å². The van der Waals surface area contributed by atoms with Crippen molar-refractivity contribution in [3.63, 3.8) is 0 Å². The molecule has 0 aliphatic carbocycles. The largest absolute Gasteiger partial charge is 0.379 e. The zero-order valence-corrected chi connectivity index (χ0v) is 8.21. The number of ether oxygens (including phenoxy) is 2. The number of rotatable bonds is 5. The van der Waals surface area contributed by atoms with Gasteiger partial charge in [-0.1, -0.05) is 20.3 Å². The molecule has 0 N–H and O–H groups in total. The summed E-state index contributed by atoms with van der Waals surface area (Å²) >= 11 is 0. The molecule has 0 unspecified atom stereocenters. The van der Waals surface area contributed by atoms with E-state index in [2.05, 4.69) is 13.8 Å². The van der Waals surface area contributed by atoms with Gasteiger partial charge in [-0.2, -0.15) is 0 Å². The Bertz CT molecular complexity index is 114. The predicted octanol–water partition coefficient (Wildman–Crippen LogP) is 2.23. The third-order valence-corrected chi connectivity index (χ3v) is 2.50. The van der Waals surface area contributed by atoms with E-state index < -0.39 is 0 Å². The van der Waals surface area contributed by atoms with E-state index in [1.54, 1.807) is 0 Å². The van der Waals surface area contributed by atoms with Gasteiger partial charge >= 0.3 is 0 Å². The van der Waals surface area contributed by atoms with Crippen LogP contribution in [0.25, 0.3) is 0 Å². The molecule has 0 aromatic carbocycles. The Morgan fingerprint density at radius 2 is 2.25 bits per heavy atom. The summed E-state index contributed by atoms with van der Waals surface area (Å²) in [5, 5.41) is 0. The first kappa shape index (κ1) is 10.0. The van der Waals surface area contributed by atoms with Crippen molar-refractivity contribution in [1.29, 1.82) is 0 Å². The van der Waals surface area contributed by atoms with Crippen molar-refractivity contribution in [3.8, 4) is 0 Å². The van der Waals surface area contributed by atoms with Crippen LogP contribution in [0.1, 0.15) is 33.1 Å². The molecule has 1 fully saturated rings. The van der Waals surface area contributed by atoms with Crippen molar-refractivity contribution in [2.75, 3.05) is 19.8 Å². The van der Waals surface area contributed by atoms with Crippen LogP contribution in [0.2, 0.25) is 0 Å². The smallest absolute Gasteiger partial charge is 0.0837 e. The molecule has 0 amide bonds. The average molecular weight is 172 g/mol. The molecule has 0 spiro atoms. The highest BCUT2D eigenvalue weighted by Gasteiger charge is 2.26. The Labute approximate surface area is 75.2 Å². The maximum atomic E-state index is 5.58. The van der Waals surface area contributed by atoms with Gasteiger partial charge in [0.2, 0.25) is 0 Å². The molecular weight excluding hydrogens is 152 g/mol. The summed E-state index contributed by atoms with van der Waals surface area (Å²) in [5.74, 6) is 0.738. The van der Waals surface area contributed by atoms with Crippen LogP contribution in [0.3, 0.4) is 0 Å². The van der Waals surface area contributed by atoms with Crippen LogP contribution in [0.5, 0.6) is 0 Å². The van der Waals surface area contributed by atoms with Crippen molar-refractivity contribution < 1.29 is 9.47 Å². The fourth-order valence-corrected chi connectivity index (χ4v) is 1.69. The molecule has 1 heterocycles. The summed E-state index contributed by atoms with van der Waals surface area (Å²) in [5.41, 5.74) is 0. The van der Waals surface area contributed by atoms with Crippen molar-refractivity contribution >= 4 is 0 Å². The van der Waals surface area contributed by atoms with Crippen LogP contribution in [-0.2, 0) is 9.47 Å². The lowest BCUT2D eigenvalue weighted by atomic mass is 9.99. The van der Waals surface area contributed by atoms with Crippen molar-refractivity contribution in [1.82, 2.24) is 0 Å². The molecule has 1 rings (SSSR count). The molecule has 1 saturated heterocycles. The van der Waals surface area contributed by atoms with E-state index in [1.165, 1.54) is 12.8 Å². The monoisotopic (exact) mass is 172 g/mol. The van der Waals surface area contributed by atoms with Crippen molar-refractivity contribution in [2.24, 2.45) is 5.92 Å². The van der Waals surface area contributed by atoms with E-state index in [-0.39, 0.29) is 0 Å². The van der Waals surface area contributed by atoms with Crippen LogP contribution in [0, 0.1) is 5.92 Å². The Morgan fingerprint density at radius 1 is 1.42 bits per heavy atom. The van der Waals surface area contributed by atoms with Crippen molar-refractivity contribution in [2.45, 2.75) is 39.2 Å².